The van der Waals surface area contributed by atoms with Crippen LogP contribution in [0.5, 0.6) is 0 Å². The molecule has 1 aliphatic rings. The van der Waals surface area contributed by atoms with E-state index in [2.05, 4.69) is 69.8 Å². The Morgan fingerprint density at radius 2 is 2.09 bits per heavy atom. The lowest BCUT2D eigenvalue weighted by Gasteiger charge is -2.47. The molecule has 4 nitrogen and oxygen atoms in total. The average Bonchev–Trinajstić information content (AvgIpc) is 2.89. The molecule has 1 saturated heterocycles. The molecule has 22 heavy (non-hydrogen) atoms. The molecular formula is C16H20ClIN4. The summed E-state index contributed by atoms with van der Waals surface area (Å²) in [6, 6.07) is 6.24. The van der Waals surface area contributed by atoms with Crippen LogP contribution in [0.1, 0.15) is 18.9 Å². The van der Waals surface area contributed by atoms with E-state index in [0.717, 1.165) is 33.9 Å². The van der Waals surface area contributed by atoms with Crippen molar-refractivity contribution >= 4 is 39.9 Å². The monoisotopic (exact) mass is 430 g/mol. The highest BCUT2D eigenvalue weighted by atomic mass is 127. The number of aryl methyl sites for hydroxylation is 1. The van der Waals surface area contributed by atoms with Gasteiger partial charge in [-0.3, -0.25) is 9.58 Å². The molecule has 1 fully saturated rings. The summed E-state index contributed by atoms with van der Waals surface area (Å²) in [6.07, 6.45) is 5.13. The highest BCUT2D eigenvalue weighted by Gasteiger charge is 2.37. The van der Waals surface area contributed by atoms with Gasteiger partial charge >= 0.3 is 0 Å². The van der Waals surface area contributed by atoms with Crippen molar-refractivity contribution in [3.8, 4) is 0 Å². The standard InChI is InChI=1S/C16H20ClIN4/c1-16(12-9-19-21(3)10-12)6-7-22(11-20(16)2)15-5-4-13(18)8-14(15)17/h4-5,8-10H,6-7,11H2,1-3H3/t16-/m0/s1. The quantitative estimate of drug-likeness (QED) is 0.679. The minimum Gasteiger partial charge on any atom is -0.357 e. The number of halogens is 2. The van der Waals surface area contributed by atoms with E-state index in [4.69, 9.17) is 11.6 Å². The molecule has 1 aromatic carbocycles. The molecule has 0 amide bonds. The molecule has 2 aromatic rings. The predicted molar refractivity (Wildman–Crippen MR) is 99.3 cm³/mol. The number of rotatable bonds is 2. The van der Waals surface area contributed by atoms with Crippen LogP contribution in [0.2, 0.25) is 5.02 Å². The lowest BCUT2D eigenvalue weighted by molar-refractivity contribution is 0.0996. The van der Waals surface area contributed by atoms with Crippen LogP contribution in [0.25, 0.3) is 0 Å². The maximum absolute atomic E-state index is 6.42. The van der Waals surface area contributed by atoms with Gasteiger partial charge in [-0.05, 0) is 61.2 Å². The topological polar surface area (TPSA) is 24.3 Å². The summed E-state index contributed by atoms with van der Waals surface area (Å²) in [6.45, 7) is 4.12. The van der Waals surface area contributed by atoms with Crippen molar-refractivity contribution < 1.29 is 0 Å². The summed E-state index contributed by atoms with van der Waals surface area (Å²) < 4.78 is 3.04. The van der Waals surface area contributed by atoms with Gasteiger partial charge in [0.25, 0.3) is 0 Å². The Balaban J connectivity index is 1.83. The van der Waals surface area contributed by atoms with Crippen LogP contribution >= 0.6 is 34.2 Å². The van der Waals surface area contributed by atoms with Gasteiger partial charge in [0.05, 0.1) is 23.6 Å². The van der Waals surface area contributed by atoms with Crippen molar-refractivity contribution in [1.82, 2.24) is 14.7 Å². The van der Waals surface area contributed by atoms with Crippen molar-refractivity contribution in [3.63, 3.8) is 0 Å². The fourth-order valence-corrected chi connectivity index (χ4v) is 4.00. The van der Waals surface area contributed by atoms with Crippen molar-refractivity contribution in [2.45, 2.75) is 18.9 Å². The van der Waals surface area contributed by atoms with E-state index in [0.29, 0.717) is 0 Å². The predicted octanol–water partition coefficient (Wildman–Crippen LogP) is 3.69. The summed E-state index contributed by atoms with van der Waals surface area (Å²) in [5.74, 6) is 0. The van der Waals surface area contributed by atoms with Crippen LogP contribution in [-0.4, -0.2) is 34.9 Å². The smallest absolute Gasteiger partial charge is 0.0712 e. The SMILES string of the molecule is CN1CN(c2ccc(I)cc2Cl)CC[C@@]1(C)c1cnn(C)c1. The van der Waals surface area contributed by atoms with Crippen LogP contribution in [0.3, 0.4) is 0 Å². The van der Waals surface area contributed by atoms with Crippen LogP contribution in [0.4, 0.5) is 5.69 Å². The second-order valence-corrected chi connectivity index (χ2v) is 7.78. The molecule has 2 heterocycles. The molecule has 0 bridgehead atoms. The first-order chi connectivity index (χ1) is 10.4. The van der Waals surface area contributed by atoms with Gasteiger partial charge in [-0.2, -0.15) is 5.10 Å². The van der Waals surface area contributed by atoms with Gasteiger partial charge < -0.3 is 4.90 Å². The summed E-state index contributed by atoms with van der Waals surface area (Å²) in [5.41, 5.74) is 2.40. The number of aromatic nitrogens is 2. The van der Waals surface area contributed by atoms with Crippen molar-refractivity contribution in [2.75, 3.05) is 25.2 Å². The highest BCUT2D eigenvalue weighted by Crippen LogP contribution is 2.37. The molecule has 0 aliphatic carbocycles. The second-order valence-electron chi connectivity index (χ2n) is 6.13. The van der Waals surface area contributed by atoms with Gasteiger partial charge in [0.15, 0.2) is 0 Å². The van der Waals surface area contributed by atoms with E-state index in [-0.39, 0.29) is 5.54 Å². The number of hydrogen-bond acceptors (Lipinski definition) is 3. The third-order valence-corrected chi connectivity index (χ3v) is 5.64. The Kier molecular flexibility index (Phi) is 4.40. The number of benzene rings is 1. The van der Waals surface area contributed by atoms with Crippen molar-refractivity contribution in [3.05, 3.63) is 44.7 Å². The van der Waals surface area contributed by atoms with E-state index < -0.39 is 0 Å². The van der Waals surface area contributed by atoms with Crippen LogP contribution in [0, 0.1) is 3.57 Å². The highest BCUT2D eigenvalue weighted by molar-refractivity contribution is 14.1. The van der Waals surface area contributed by atoms with Gasteiger partial charge in [0.2, 0.25) is 0 Å². The van der Waals surface area contributed by atoms with Gasteiger partial charge in [-0.25, -0.2) is 0 Å². The first-order valence-corrected chi connectivity index (χ1v) is 8.76. The van der Waals surface area contributed by atoms with Gasteiger partial charge in [-0.1, -0.05) is 11.6 Å². The molecule has 0 spiro atoms. The number of nitrogens with zero attached hydrogens (tertiary/aromatic N) is 4. The molecular weight excluding hydrogens is 411 g/mol. The minimum atomic E-state index is 0.0143. The van der Waals surface area contributed by atoms with Crippen LogP contribution < -0.4 is 4.90 Å². The van der Waals surface area contributed by atoms with Crippen LogP contribution in [-0.2, 0) is 12.6 Å². The second kappa shape index (κ2) is 6.02. The Labute approximate surface area is 150 Å². The zero-order valence-corrected chi connectivity index (χ0v) is 16.0. The third kappa shape index (κ3) is 2.86. The van der Waals surface area contributed by atoms with Crippen LogP contribution in [0.15, 0.2) is 30.6 Å². The molecule has 1 aromatic heterocycles. The fourth-order valence-electron chi connectivity index (χ4n) is 3.02. The van der Waals surface area contributed by atoms with E-state index in [1.54, 1.807) is 0 Å². The molecule has 6 heteroatoms. The van der Waals surface area contributed by atoms with Gasteiger partial charge in [0, 0.05) is 34.5 Å². The molecule has 0 radical (unpaired) electrons. The van der Waals surface area contributed by atoms with E-state index in [9.17, 15) is 0 Å². The normalized spacial score (nSPS) is 23.0. The minimum absolute atomic E-state index is 0.0143. The first-order valence-electron chi connectivity index (χ1n) is 7.30. The summed E-state index contributed by atoms with van der Waals surface area (Å²) in [5, 5.41) is 5.15. The largest absolute Gasteiger partial charge is 0.357 e. The molecule has 0 unspecified atom stereocenters. The fraction of sp³-hybridized carbons (Fsp3) is 0.438. The number of anilines is 1. The summed E-state index contributed by atoms with van der Waals surface area (Å²) in [4.78, 5) is 4.72. The van der Waals surface area contributed by atoms with Gasteiger partial charge in [0.1, 0.15) is 0 Å². The zero-order valence-electron chi connectivity index (χ0n) is 13.1. The Hall–Kier alpha value is -0.790. The average molecular weight is 431 g/mol. The molecule has 3 rings (SSSR count). The number of hydrogen-bond donors (Lipinski definition) is 0. The van der Waals surface area contributed by atoms with Crippen molar-refractivity contribution in [2.24, 2.45) is 7.05 Å². The molecule has 0 saturated carbocycles. The molecule has 0 N–H and O–H groups in total. The third-order valence-electron chi connectivity index (χ3n) is 4.67. The lowest BCUT2D eigenvalue weighted by Crippen LogP contribution is -2.54. The molecule has 1 aliphatic heterocycles. The Morgan fingerprint density at radius 1 is 1.32 bits per heavy atom. The Morgan fingerprint density at radius 3 is 2.68 bits per heavy atom. The zero-order chi connectivity index (χ0) is 15.9. The lowest BCUT2D eigenvalue weighted by atomic mass is 9.87. The first kappa shape index (κ1) is 16.1. The summed E-state index contributed by atoms with van der Waals surface area (Å²) in [7, 11) is 4.13. The van der Waals surface area contributed by atoms with Gasteiger partial charge in [-0.15, -0.1) is 0 Å². The van der Waals surface area contributed by atoms with E-state index >= 15 is 0 Å². The summed E-state index contributed by atoms with van der Waals surface area (Å²) >= 11 is 8.71. The van der Waals surface area contributed by atoms with E-state index in [1.165, 1.54) is 5.56 Å². The maximum Gasteiger partial charge on any atom is 0.0712 e. The molecule has 1 atom stereocenters. The molecule has 118 valence electrons. The van der Waals surface area contributed by atoms with Crippen molar-refractivity contribution in [1.29, 1.82) is 0 Å². The van der Waals surface area contributed by atoms with E-state index in [1.807, 2.05) is 24.0 Å². The maximum atomic E-state index is 6.42. The Bertz CT molecular complexity index is 687.